The number of hydrogen-bond donors (Lipinski definition) is 2. The zero-order chi connectivity index (χ0) is 83.9. The quantitative estimate of drug-likeness (QED) is 0.119. The number of rotatable bonds is 12. The summed E-state index contributed by atoms with van der Waals surface area (Å²) in [7, 11) is 6.01. The van der Waals surface area contributed by atoms with E-state index in [0.29, 0.717) is 0 Å². The molecule has 0 saturated heterocycles. The van der Waals surface area contributed by atoms with Crippen molar-refractivity contribution in [2.75, 3.05) is 9.80 Å². The van der Waals surface area contributed by atoms with Crippen LogP contribution in [0.5, 0.6) is 0 Å². The first-order chi connectivity index (χ1) is 60.6. The van der Waals surface area contributed by atoms with E-state index in [4.69, 9.17) is 26.9 Å². The van der Waals surface area contributed by atoms with Crippen molar-refractivity contribution in [3.05, 3.63) is 417 Å². The highest BCUT2D eigenvalue weighted by atomic mass is 79.9. The van der Waals surface area contributed by atoms with Crippen LogP contribution in [-0.2, 0) is 0 Å². The van der Waals surface area contributed by atoms with E-state index in [1.165, 1.54) is 110 Å². The maximum absolute atomic E-state index is 9.10. The lowest BCUT2D eigenvalue weighted by molar-refractivity contribution is -0.107. The van der Waals surface area contributed by atoms with Gasteiger partial charge in [-0.05, 0) is 235 Å². The molecule has 0 spiro atoms. The first kappa shape index (κ1) is 76.6. The van der Waals surface area contributed by atoms with Crippen LogP contribution in [0, 0.1) is 0 Å². The predicted octanol–water partition coefficient (Wildman–Crippen LogP) is 30.5. The first-order valence-corrected chi connectivity index (χ1v) is 42.7. The summed E-state index contributed by atoms with van der Waals surface area (Å²) in [5.41, 5.74) is 28.3. The van der Waals surface area contributed by atoms with Crippen molar-refractivity contribution >= 4 is 183 Å². The van der Waals surface area contributed by atoms with Crippen molar-refractivity contribution in [1.82, 2.24) is 8.80 Å². The second-order valence-corrected chi connectivity index (χ2v) is 33.9. The monoisotopic (exact) mass is 1660 g/mol. The third-order valence-corrected chi connectivity index (χ3v) is 25.1. The molecule has 2 radical (unpaired) electrons. The van der Waals surface area contributed by atoms with Gasteiger partial charge in [-0.2, -0.15) is 0 Å². The van der Waals surface area contributed by atoms with Gasteiger partial charge >= 0.3 is 0 Å². The summed E-state index contributed by atoms with van der Waals surface area (Å²) in [5, 5.41) is 33.3. The molecule has 18 aromatic carbocycles. The molecule has 6 heterocycles. The standard InChI is InChI=1S/C54H34N2O.C36H24BNO.C18H10BrN.C6H14O2/c1-2-9-35(10-3-1)36-17-25-41(26-18-36)55(43-29-21-38(22-30-43)40-23-31-46-45-12-5-7-16-52(45)57-53(46)34-40)42-27-19-37(20-28-42)39-24-32-51-49(33-39)48-14-8-13-47-44-11-4-6-15-50(44)56(51)54(47)48;37-29-15-21-32(22-16-29)38(30-17-10-26(11-18-30)25-6-2-1-3-7-25)31-19-12-27(13-20-31)28-14-23-34-33-8-4-5-9-35(33)39-36(34)24-28;19-11-8-9-17-15(10-11)14-6-3-5-13-12-4-1-2-7-16(12)20(17)18(13)14;1-5(2,7)6(3,4)8/h1-34H;1-24H;1-10H;7-8H,1-4H3. The lowest BCUT2D eigenvalue weighted by atomic mass is 9.90. The van der Waals surface area contributed by atoms with Crippen molar-refractivity contribution in [2.45, 2.75) is 38.9 Å². The molecule has 0 saturated carbocycles. The second-order valence-electron chi connectivity index (χ2n) is 33.0. The minimum atomic E-state index is -1.01. The molecule has 592 valence electrons. The maximum Gasteiger partial charge on any atom is 0.136 e. The van der Waals surface area contributed by atoms with E-state index in [1.54, 1.807) is 27.7 Å². The van der Waals surface area contributed by atoms with E-state index in [-0.39, 0.29) is 0 Å². The van der Waals surface area contributed by atoms with Crippen molar-refractivity contribution in [1.29, 1.82) is 0 Å². The average Bonchev–Trinajstić information content (AvgIpc) is 1.55. The molecule has 0 aliphatic carbocycles. The Bertz CT molecular complexity index is 8040. The summed E-state index contributed by atoms with van der Waals surface area (Å²) in [4.78, 5) is 4.59. The van der Waals surface area contributed by atoms with Gasteiger partial charge in [-0.25, -0.2) is 0 Å². The zero-order valence-corrected chi connectivity index (χ0v) is 70.3. The molecule has 0 amide bonds. The van der Waals surface area contributed by atoms with Crippen LogP contribution < -0.4 is 15.3 Å². The SMILES string of the molecule is Brc1ccc2c(c1)c1cccc3c4ccccc4n2c31.CC(C)(O)C(C)(C)O.[B]c1ccc(N(c2ccc(-c3ccccc3)cc2)c2ccc(-c3ccc4c(c3)oc3ccccc34)cc2)cc1.c1ccc(-c2ccc(N(c3ccc(-c4ccc5c(c4)oc4ccccc45)cc3)c3ccc(-c4ccc5c(c4)c4cccc6c7ccccc7n5c64)cc3)cc2)cc1. The van der Waals surface area contributed by atoms with Gasteiger partial charge in [-0.15, -0.1) is 0 Å². The largest absolute Gasteiger partial charge is 0.456 e. The first-order valence-electron chi connectivity index (χ1n) is 41.9. The summed E-state index contributed by atoms with van der Waals surface area (Å²) in [6.45, 7) is 6.31. The summed E-state index contributed by atoms with van der Waals surface area (Å²) >= 11 is 3.59. The van der Waals surface area contributed by atoms with Gasteiger partial charge < -0.3 is 37.6 Å². The Hall–Kier alpha value is -14.8. The van der Waals surface area contributed by atoms with Crippen molar-refractivity contribution < 1.29 is 19.0 Å². The lowest BCUT2D eigenvalue weighted by Gasteiger charge is -2.31. The smallest absolute Gasteiger partial charge is 0.136 e. The molecular formula is C114H82BBrN4O4. The third-order valence-electron chi connectivity index (χ3n) is 24.7. The highest BCUT2D eigenvalue weighted by Crippen LogP contribution is 2.46. The van der Waals surface area contributed by atoms with Crippen LogP contribution in [0.1, 0.15) is 27.7 Å². The highest BCUT2D eigenvalue weighted by Gasteiger charge is 2.32. The number of anilines is 6. The number of hydrogen-bond acceptors (Lipinski definition) is 6. The number of halogens is 1. The van der Waals surface area contributed by atoms with Crippen LogP contribution in [0.2, 0.25) is 0 Å². The molecule has 0 aliphatic rings. The number of fused-ring (bicyclic) bond motifs is 18. The molecule has 0 unspecified atom stereocenters. The fourth-order valence-electron chi connectivity index (χ4n) is 17.6. The fourth-order valence-corrected chi connectivity index (χ4v) is 18.0. The Morgan fingerprint density at radius 1 is 0.234 bits per heavy atom. The molecule has 24 rings (SSSR count). The average molecular weight is 1660 g/mol. The minimum Gasteiger partial charge on any atom is -0.456 e. The lowest BCUT2D eigenvalue weighted by Crippen LogP contribution is -2.44. The van der Waals surface area contributed by atoms with Crippen molar-refractivity contribution in [3.63, 3.8) is 0 Å². The number of nitrogens with zero attached hydrogens (tertiary/aromatic N) is 4. The maximum atomic E-state index is 9.10. The molecule has 6 aromatic heterocycles. The molecule has 0 atom stereocenters. The molecule has 10 heteroatoms. The van der Waals surface area contributed by atoms with Gasteiger partial charge in [-0.3, -0.25) is 0 Å². The summed E-state index contributed by atoms with van der Waals surface area (Å²) < 4.78 is 18.3. The number of aliphatic hydroxyl groups is 2. The molecule has 124 heavy (non-hydrogen) atoms. The van der Waals surface area contributed by atoms with Gasteiger partial charge in [0.15, 0.2) is 0 Å². The molecule has 0 bridgehead atoms. The van der Waals surface area contributed by atoms with E-state index in [9.17, 15) is 0 Å². The van der Waals surface area contributed by atoms with E-state index >= 15 is 0 Å². The number of para-hydroxylation sites is 6. The van der Waals surface area contributed by atoms with E-state index in [0.717, 1.165) is 110 Å². The number of aromatic nitrogens is 2. The van der Waals surface area contributed by atoms with Crippen molar-refractivity contribution in [2.24, 2.45) is 0 Å². The van der Waals surface area contributed by atoms with Crippen LogP contribution in [0.15, 0.2) is 426 Å². The van der Waals surface area contributed by atoms with E-state index in [1.807, 2.05) is 48.5 Å². The van der Waals surface area contributed by atoms with Crippen LogP contribution in [0.4, 0.5) is 34.1 Å². The zero-order valence-electron chi connectivity index (χ0n) is 68.7. The minimum absolute atomic E-state index is 0.745. The van der Waals surface area contributed by atoms with Gasteiger partial charge in [-0.1, -0.05) is 282 Å². The van der Waals surface area contributed by atoms with Crippen LogP contribution >= 0.6 is 15.9 Å². The third kappa shape index (κ3) is 14.0. The summed E-state index contributed by atoms with van der Waals surface area (Å²) in [6.07, 6.45) is 0. The number of benzene rings is 18. The fraction of sp³-hybridized carbons (Fsp3) is 0.0526. The summed E-state index contributed by atoms with van der Waals surface area (Å²) in [5.74, 6) is 0. The Morgan fingerprint density at radius 2 is 0.500 bits per heavy atom. The molecule has 24 aromatic rings. The van der Waals surface area contributed by atoms with Crippen molar-refractivity contribution in [3.8, 4) is 55.6 Å². The Labute approximate surface area is 727 Å². The van der Waals surface area contributed by atoms with E-state index in [2.05, 4.69) is 399 Å². The van der Waals surface area contributed by atoms with Gasteiger partial charge in [0.2, 0.25) is 0 Å². The normalized spacial score (nSPS) is 11.9. The Balaban J connectivity index is 0.000000120. The predicted molar refractivity (Wildman–Crippen MR) is 525 cm³/mol. The Morgan fingerprint density at radius 3 is 0.887 bits per heavy atom. The molecule has 8 nitrogen and oxygen atoms in total. The van der Waals surface area contributed by atoms with Gasteiger partial charge in [0.05, 0.1) is 44.3 Å². The van der Waals surface area contributed by atoms with Crippen LogP contribution in [0.25, 0.3) is 176 Å². The molecule has 0 aliphatic heterocycles. The molecular weight excluding hydrogens is 1580 g/mol. The van der Waals surface area contributed by atoms with E-state index < -0.39 is 11.2 Å². The molecule has 2 N–H and O–H groups in total. The van der Waals surface area contributed by atoms with Gasteiger partial charge in [0.25, 0.3) is 0 Å². The topological polar surface area (TPSA) is 82.0 Å². The Kier molecular flexibility index (Phi) is 19.4. The van der Waals surface area contributed by atoms with Gasteiger partial charge in [0, 0.05) is 103 Å². The van der Waals surface area contributed by atoms with Crippen LogP contribution in [-0.4, -0.2) is 38.1 Å². The van der Waals surface area contributed by atoms with Crippen LogP contribution in [0.3, 0.4) is 0 Å². The number of furan rings is 2. The molecule has 0 fully saturated rings. The summed E-state index contributed by atoms with van der Waals surface area (Å²) in [6, 6.07) is 147. The van der Waals surface area contributed by atoms with Gasteiger partial charge in [0.1, 0.15) is 30.2 Å². The highest BCUT2D eigenvalue weighted by molar-refractivity contribution is 9.10. The second kappa shape index (κ2) is 31.3.